The van der Waals surface area contributed by atoms with Gasteiger partial charge in [0.15, 0.2) is 11.9 Å². The molecule has 0 saturated carbocycles. The first-order valence-corrected chi connectivity index (χ1v) is 4.05. The Bertz CT molecular complexity index is 231. The predicted octanol–water partition coefficient (Wildman–Crippen LogP) is 2.07. The molecule has 0 aliphatic carbocycles. The van der Waals surface area contributed by atoms with Crippen LogP contribution < -0.4 is 0 Å². The molecule has 1 atom stereocenters. The highest BCUT2D eigenvalue weighted by Gasteiger charge is 2.29. The van der Waals surface area contributed by atoms with Crippen LogP contribution in [0.3, 0.4) is 0 Å². The fourth-order valence-electron chi connectivity index (χ4n) is 0.962. The third-order valence-electron chi connectivity index (χ3n) is 1.70. The summed E-state index contributed by atoms with van der Waals surface area (Å²) in [4.78, 5) is 11.6. The summed E-state index contributed by atoms with van der Waals surface area (Å²) in [6.07, 6.45) is 6.53. The van der Waals surface area contributed by atoms with Gasteiger partial charge in [0.25, 0.3) is 0 Å². The Kier molecular flexibility index (Phi) is 2.36. The predicted molar refractivity (Wildman–Crippen MR) is 47.6 cm³/mol. The summed E-state index contributed by atoms with van der Waals surface area (Å²) in [6, 6.07) is 0. The van der Waals surface area contributed by atoms with E-state index in [0.717, 1.165) is 0 Å². The molecule has 0 spiro atoms. The highest BCUT2D eigenvalue weighted by atomic mass is 16.5. The van der Waals surface area contributed by atoms with Gasteiger partial charge in [-0.05, 0) is 12.2 Å². The lowest BCUT2D eigenvalue weighted by Crippen LogP contribution is -2.32. The minimum atomic E-state index is -0.394. The molecular formula is C10H14O2. The molecule has 1 unspecified atom stereocenters. The van der Waals surface area contributed by atoms with Crippen molar-refractivity contribution < 1.29 is 9.53 Å². The summed E-state index contributed by atoms with van der Waals surface area (Å²) < 4.78 is 5.15. The second-order valence-corrected chi connectivity index (χ2v) is 3.88. The molecule has 2 nitrogen and oxygen atoms in total. The number of Topliss-reactive ketones (excluding diaryl/α,β-unsaturated/α-hetero) is 1. The number of ether oxygens (including phenoxy) is 1. The van der Waals surface area contributed by atoms with E-state index in [1.165, 1.54) is 0 Å². The normalized spacial score (nSPS) is 22.1. The van der Waals surface area contributed by atoms with Crippen LogP contribution in [0.25, 0.3) is 0 Å². The monoisotopic (exact) mass is 166 g/mol. The zero-order valence-electron chi connectivity index (χ0n) is 7.70. The largest absolute Gasteiger partial charge is 0.486 e. The Labute approximate surface area is 72.9 Å². The minimum absolute atomic E-state index is 0.114. The van der Waals surface area contributed by atoms with Crippen LogP contribution in [0.4, 0.5) is 0 Å². The van der Waals surface area contributed by atoms with Gasteiger partial charge in [-0.1, -0.05) is 26.8 Å². The van der Waals surface area contributed by atoms with Crippen LogP contribution >= 0.6 is 0 Å². The van der Waals surface area contributed by atoms with Crippen LogP contribution in [0.5, 0.6) is 0 Å². The maximum Gasteiger partial charge on any atom is 0.182 e. The second-order valence-electron chi connectivity index (χ2n) is 3.88. The summed E-state index contributed by atoms with van der Waals surface area (Å²) in [6.45, 7) is 5.68. The van der Waals surface area contributed by atoms with Gasteiger partial charge in [0.1, 0.15) is 0 Å². The third-order valence-corrected chi connectivity index (χ3v) is 1.70. The van der Waals surface area contributed by atoms with Crippen molar-refractivity contribution in [1.82, 2.24) is 0 Å². The molecule has 0 aromatic carbocycles. The van der Waals surface area contributed by atoms with Crippen molar-refractivity contribution in [3.63, 3.8) is 0 Å². The van der Waals surface area contributed by atoms with Crippen molar-refractivity contribution in [2.45, 2.75) is 26.9 Å². The van der Waals surface area contributed by atoms with E-state index in [2.05, 4.69) is 0 Å². The first kappa shape index (κ1) is 9.04. The highest BCUT2D eigenvalue weighted by molar-refractivity contribution is 5.89. The van der Waals surface area contributed by atoms with Crippen LogP contribution in [0.15, 0.2) is 24.5 Å². The van der Waals surface area contributed by atoms with Gasteiger partial charge in [-0.2, -0.15) is 0 Å². The fraction of sp³-hybridized carbons (Fsp3) is 0.500. The number of carbonyl (C=O) groups excluding carboxylic acids is 1. The number of carbonyl (C=O) groups is 1. The molecule has 12 heavy (non-hydrogen) atoms. The lowest BCUT2D eigenvalue weighted by Gasteiger charge is -2.22. The molecule has 0 radical (unpaired) electrons. The van der Waals surface area contributed by atoms with Crippen molar-refractivity contribution >= 4 is 5.78 Å². The van der Waals surface area contributed by atoms with Crippen molar-refractivity contribution in [1.29, 1.82) is 0 Å². The smallest absolute Gasteiger partial charge is 0.182 e. The highest BCUT2D eigenvalue weighted by Crippen LogP contribution is 2.20. The number of rotatable bonds is 1. The summed E-state index contributed by atoms with van der Waals surface area (Å²) in [5, 5.41) is 0. The van der Waals surface area contributed by atoms with Crippen LogP contribution in [0.1, 0.15) is 20.8 Å². The van der Waals surface area contributed by atoms with Gasteiger partial charge in [-0.15, -0.1) is 0 Å². The van der Waals surface area contributed by atoms with Gasteiger partial charge < -0.3 is 4.74 Å². The first-order chi connectivity index (χ1) is 5.52. The quantitative estimate of drug-likeness (QED) is 0.596. The third kappa shape index (κ3) is 1.97. The summed E-state index contributed by atoms with van der Waals surface area (Å²) >= 11 is 0. The van der Waals surface area contributed by atoms with Gasteiger partial charge in [0, 0.05) is 5.41 Å². The standard InChI is InChI=1S/C10H14O2/c1-10(2,3)9(11)8-6-4-5-7-12-8/h4-8H,1-3H3. The minimum Gasteiger partial charge on any atom is -0.486 e. The number of hydrogen-bond acceptors (Lipinski definition) is 2. The zero-order chi connectivity index (χ0) is 9.19. The molecule has 1 aliphatic heterocycles. The Morgan fingerprint density at radius 3 is 2.42 bits per heavy atom. The van der Waals surface area contributed by atoms with Crippen LogP contribution in [-0.4, -0.2) is 11.9 Å². The number of ketones is 1. The topological polar surface area (TPSA) is 26.3 Å². The van der Waals surface area contributed by atoms with E-state index in [4.69, 9.17) is 4.74 Å². The van der Waals surface area contributed by atoms with E-state index >= 15 is 0 Å². The number of hydrogen-bond donors (Lipinski definition) is 0. The molecular weight excluding hydrogens is 152 g/mol. The van der Waals surface area contributed by atoms with Gasteiger partial charge in [-0.25, -0.2) is 0 Å². The van der Waals surface area contributed by atoms with Crippen LogP contribution in [-0.2, 0) is 9.53 Å². The average molecular weight is 166 g/mol. The van der Waals surface area contributed by atoms with Gasteiger partial charge in [0.2, 0.25) is 0 Å². The van der Waals surface area contributed by atoms with Crippen molar-refractivity contribution in [3.05, 3.63) is 24.5 Å². The molecule has 2 heteroatoms. The van der Waals surface area contributed by atoms with E-state index in [1.807, 2.05) is 26.8 Å². The maximum absolute atomic E-state index is 11.6. The molecule has 1 rings (SSSR count). The molecule has 0 aromatic rings. The SMILES string of the molecule is CC(C)(C)C(=O)C1C=CC=CO1. The number of allylic oxidation sites excluding steroid dienone is 2. The lowest BCUT2D eigenvalue weighted by molar-refractivity contribution is -0.133. The molecule has 0 amide bonds. The average Bonchev–Trinajstić information content (AvgIpc) is 2.03. The molecule has 1 aliphatic rings. The van der Waals surface area contributed by atoms with Crippen molar-refractivity contribution in [2.75, 3.05) is 0 Å². The summed E-state index contributed by atoms with van der Waals surface area (Å²) in [5.74, 6) is 0.114. The Morgan fingerprint density at radius 1 is 1.33 bits per heavy atom. The van der Waals surface area contributed by atoms with E-state index in [9.17, 15) is 4.79 Å². The Balaban J connectivity index is 2.66. The molecule has 0 N–H and O–H groups in total. The first-order valence-electron chi connectivity index (χ1n) is 4.05. The Hall–Kier alpha value is -1.05. The molecule has 0 fully saturated rings. The maximum atomic E-state index is 11.6. The molecule has 0 bridgehead atoms. The van der Waals surface area contributed by atoms with Gasteiger partial charge in [-0.3, -0.25) is 4.79 Å². The fourth-order valence-corrected chi connectivity index (χ4v) is 0.962. The molecule has 66 valence electrons. The summed E-state index contributed by atoms with van der Waals surface area (Å²) in [5.41, 5.74) is -0.333. The lowest BCUT2D eigenvalue weighted by atomic mass is 9.87. The van der Waals surface area contributed by atoms with Gasteiger partial charge in [0.05, 0.1) is 6.26 Å². The van der Waals surface area contributed by atoms with Crippen molar-refractivity contribution in [2.24, 2.45) is 5.41 Å². The van der Waals surface area contributed by atoms with Gasteiger partial charge >= 0.3 is 0 Å². The van der Waals surface area contributed by atoms with Crippen LogP contribution in [0, 0.1) is 5.41 Å². The zero-order valence-corrected chi connectivity index (χ0v) is 7.70. The van der Waals surface area contributed by atoms with E-state index in [1.54, 1.807) is 18.4 Å². The van der Waals surface area contributed by atoms with E-state index in [0.29, 0.717) is 0 Å². The second kappa shape index (κ2) is 3.13. The van der Waals surface area contributed by atoms with E-state index in [-0.39, 0.29) is 11.2 Å². The molecule has 0 aromatic heterocycles. The van der Waals surface area contributed by atoms with Crippen molar-refractivity contribution in [3.8, 4) is 0 Å². The summed E-state index contributed by atoms with van der Waals surface area (Å²) in [7, 11) is 0. The van der Waals surface area contributed by atoms with Crippen LogP contribution in [0.2, 0.25) is 0 Å². The Morgan fingerprint density at radius 2 is 2.00 bits per heavy atom. The molecule has 1 heterocycles. The molecule has 0 saturated heterocycles. The van der Waals surface area contributed by atoms with E-state index < -0.39 is 6.10 Å².